The second-order valence-electron chi connectivity index (χ2n) is 6.88. The highest BCUT2D eigenvalue weighted by Gasteiger charge is 2.23. The molecule has 0 aliphatic carbocycles. The van der Waals surface area contributed by atoms with E-state index in [1.165, 1.54) is 12.0 Å². The minimum Gasteiger partial charge on any atom is -0.399 e. The van der Waals surface area contributed by atoms with Gasteiger partial charge in [0.2, 0.25) is 0 Å². The van der Waals surface area contributed by atoms with E-state index in [0.29, 0.717) is 17.4 Å². The molecule has 2 nitrogen and oxygen atoms in total. The van der Waals surface area contributed by atoms with Crippen LogP contribution in [0.5, 0.6) is 0 Å². The first-order valence-corrected chi connectivity index (χ1v) is 7.27. The zero-order valence-corrected chi connectivity index (χ0v) is 13.4. The van der Waals surface area contributed by atoms with Gasteiger partial charge in [0.1, 0.15) is 0 Å². The molecule has 19 heavy (non-hydrogen) atoms. The first-order valence-electron chi connectivity index (χ1n) is 7.27. The lowest BCUT2D eigenvalue weighted by atomic mass is 9.86. The molecule has 0 fully saturated rings. The SMILES string of the molecule is CC(CCN(C)C(C)C(C)(C)C)c1ccc(N)cc1. The van der Waals surface area contributed by atoms with Gasteiger partial charge >= 0.3 is 0 Å². The summed E-state index contributed by atoms with van der Waals surface area (Å²) in [6, 6.07) is 8.87. The third-order valence-corrected chi connectivity index (χ3v) is 4.33. The van der Waals surface area contributed by atoms with E-state index in [-0.39, 0.29) is 0 Å². The third-order valence-electron chi connectivity index (χ3n) is 4.33. The van der Waals surface area contributed by atoms with Crippen LogP contribution in [0.1, 0.15) is 52.5 Å². The Balaban J connectivity index is 2.50. The monoisotopic (exact) mass is 262 g/mol. The number of nitrogen functional groups attached to an aromatic ring is 1. The van der Waals surface area contributed by atoms with E-state index in [1.807, 2.05) is 12.1 Å². The quantitative estimate of drug-likeness (QED) is 0.808. The normalized spacial score (nSPS) is 15.5. The molecule has 0 spiro atoms. The number of hydrogen-bond acceptors (Lipinski definition) is 2. The van der Waals surface area contributed by atoms with Gasteiger partial charge in [0.05, 0.1) is 0 Å². The zero-order chi connectivity index (χ0) is 14.6. The fourth-order valence-corrected chi connectivity index (χ4v) is 2.24. The van der Waals surface area contributed by atoms with Crippen LogP contribution in [0, 0.1) is 5.41 Å². The van der Waals surface area contributed by atoms with Crippen LogP contribution in [-0.4, -0.2) is 24.5 Å². The molecule has 1 rings (SSSR count). The zero-order valence-electron chi connectivity index (χ0n) is 13.4. The van der Waals surface area contributed by atoms with Crippen LogP contribution < -0.4 is 5.73 Å². The minimum absolute atomic E-state index is 0.333. The van der Waals surface area contributed by atoms with Crippen LogP contribution in [0.3, 0.4) is 0 Å². The molecule has 1 aromatic rings. The summed E-state index contributed by atoms with van der Waals surface area (Å²) >= 11 is 0. The Kier molecular flexibility index (Phi) is 5.42. The number of benzene rings is 1. The van der Waals surface area contributed by atoms with Crippen LogP contribution in [0.25, 0.3) is 0 Å². The number of nitrogens with two attached hydrogens (primary N) is 1. The van der Waals surface area contributed by atoms with Gasteiger partial charge < -0.3 is 10.6 Å². The van der Waals surface area contributed by atoms with Gasteiger partial charge in [-0.25, -0.2) is 0 Å². The number of rotatable bonds is 5. The van der Waals surface area contributed by atoms with Crippen LogP contribution in [0.2, 0.25) is 0 Å². The van der Waals surface area contributed by atoms with Crippen LogP contribution in [0.15, 0.2) is 24.3 Å². The molecule has 0 saturated heterocycles. The molecule has 0 aromatic heterocycles. The Morgan fingerprint density at radius 1 is 1.11 bits per heavy atom. The predicted molar refractivity (Wildman–Crippen MR) is 85.4 cm³/mol. The average molecular weight is 262 g/mol. The van der Waals surface area contributed by atoms with Gasteiger partial charge in [-0.05, 0) is 56.0 Å². The Labute approximate surface area is 119 Å². The molecule has 0 aliphatic rings. The predicted octanol–water partition coefficient (Wildman–Crippen LogP) is 4.13. The van der Waals surface area contributed by atoms with Gasteiger partial charge in [-0.2, -0.15) is 0 Å². The first kappa shape index (κ1) is 16.0. The third kappa shape index (κ3) is 4.87. The van der Waals surface area contributed by atoms with Crippen molar-refractivity contribution >= 4 is 5.69 Å². The lowest BCUT2D eigenvalue weighted by molar-refractivity contribution is 0.138. The summed E-state index contributed by atoms with van der Waals surface area (Å²) < 4.78 is 0. The summed E-state index contributed by atoms with van der Waals surface area (Å²) in [7, 11) is 2.23. The van der Waals surface area contributed by atoms with Crippen molar-refractivity contribution in [2.24, 2.45) is 5.41 Å². The van der Waals surface area contributed by atoms with Crippen molar-refractivity contribution in [2.75, 3.05) is 19.3 Å². The molecule has 0 aliphatic heterocycles. The van der Waals surface area contributed by atoms with Crippen molar-refractivity contribution in [3.63, 3.8) is 0 Å². The molecule has 2 N–H and O–H groups in total. The van der Waals surface area contributed by atoms with E-state index in [2.05, 4.69) is 58.7 Å². The van der Waals surface area contributed by atoms with Crippen molar-refractivity contribution in [2.45, 2.75) is 53.0 Å². The molecule has 0 bridgehead atoms. The molecular weight excluding hydrogens is 232 g/mol. The molecule has 2 unspecified atom stereocenters. The summed E-state index contributed by atoms with van der Waals surface area (Å²) in [5.74, 6) is 0.579. The molecule has 0 radical (unpaired) electrons. The summed E-state index contributed by atoms with van der Waals surface area (Å²) in [5, 5.41) is 0. The van der Waals surface area contributed by atoms with Crippen molar-refractivity contribution in [1.82, 2.24) is 4.90 Å². The molecule has 108 valence electrons. The van der Waals surface area contributed by atoms with Gasteiger partial charge in [-0.1, -0.05) is 39.8 Å². The maximum absolute atomic E-state index is 5.73. The van der Waals surface area contributed by atoms with Crippen molar-refractivity contribution < 1.29 is 0 Å². The van der Waals surface area contributed by atoms with Crippen molar-refractivity contribution in [3.05, 3.63) is 29.8 Å². The maximum atomic E-state index is 5.73. The minimum atomic E-state index is 0.333. The van der Waals surface area contributed by atoms with E-state index in [0.717, 1.165) is 12.2 Å². The lowest BCUT2D eigenvalue weighted by Crippen LogP contribution is -2.40. The van der Waals surface area contributed by atoms with Crippen LogP contribution >= 0.6 is 0 Å². The molecule has 2 atom stereocenters. The Morgan fingerprint density at radius 2 is 1.63 bits per heavy atom. The van der Waals surface area contributed by atoms with Gasteiger partial charge in [0.25, 0.3) is 0 Å². The van der Waals surface area contributed by atoms with Gasteiger partial charge in [0, 0.05) is 11.7 Å². The molecule has 1 aromatic carbocycles. The number of anilines is 1. The van der Waals surface area contributed by atoms with E-state index < -0.39 is 0 Å². The van der Waals surface area contributed by atoms with Gasteiger partial charge in [0.15, 0.2) is 0 Å². The molecular formula is C17H30N2. The molecule has 0 saturated carbocycles. The van der Waals surface area contributed by atoms with Crippen LogP contribution in [-0.2, 0) is 0 Å². The lowest BCUT2D eigenvalue weighted by Gasteiger charge is -2.35. The summed E-state index contributed by atoms with van der Waals surface area (Å²) in [5.41, 5.74) is 8.28. The Bertz CT molecular complexity index is 375. The highest BCUT2D eigenvalue weighted by atomic mass is 15.1. The Hall–Kier alpha value is -1.02. The molecule has 2 heteroatoms. The molecule has 0 amide bonds. The summed E-state index contributed by atoms with van der Waals surface area (Å²) in [4.78, 5) is 2.47. The fraction of sp³-hybridized carbons (Fsp3) is 0.647. The van der Waals surface area contributed by atoms with Crippen molar-refractivity contribution in [3.8, 4) is 0 Å². The highest BCUT2D eigenvalue weighted by molar-refractivity contribution is 5.40. The van der Waals surface area contributed by atoms with Gasteiger partial charge in [-0.15, -0.1) is 0 Å². The maximum Gasteiger partial charge on any atom is 0.0314 e. The molecule has 0 heterocycles. The second kappa shape index (κ2) is 6.42. The highest BCUT2D eigenvalue weighted by Crippen LogP contribution is 2.25. The largest absolute Gasteiger partial charge is 0.399 e. The topological polar surface area (TPSA) is 29.3 Å². The average Bonchev–Trinajstić information content (AvgIpc) is 2.34. The van der Waals surface area contributed by atoms with Crippen molar-refractivity contribution in [1.29, 1.82) is 0 Å². The van der Waals surface area contributed by atoms with E-state index in [4.69, 9.17) is 5.73 Å². The van der Waals surface area contributed by atoms with E-state index in [1.54, 1.807) is 0 Å². The van der Waals surface area contributed by atoms with E-state index >= 15 is 0 Å². The second-order valence-corrected chi connectivity index (χ2v) is 6.88. The first-order chi connectivity index (χ1) is 8.71. The standard InChI is InChI=1S/C17H30N2/c1-13(15-7-9-16(18)10-8-15)11-12-19(6)14(2)17(3,4)5/h7-10,13-14H,11-12,18H2,1-6H3. The number of hydrogen-bond donors (Lipinski definition) is 1. The smallest absolute Gasteiger partial charge is 0.0314 e. The fourth-order valence-electron chi connectivity index (χ4n) is 2.24. The van der Waals surface area contributed by atoms with E-state index in [9.17, 15) is 0 Å². The summed E-state index contributed by atoms with van der Waals surface area (Å²) in [6.45, 7) is 12.6. The van der Waals surface area contributed by atoms with Gasteiger partial charge in [-0.3, -0.25) is 0 Å². The number of nitrogens with zero attached hydrogens (tertiary/aromatic N) is 1. The Morgan fingerprint density at radius 3 is 2.11 bits per heavy atom. The summed E-state index contributed by atoms with van der Waals surface area (Å²) in [6.07, 6.45) is 1.18. The van der Waals surface area contributed by atoms with Crippen LogP contribution in [0.4, 0.5) is 5.69 Å².